The van der Waals surface area contributed by atoms with E-state index in [9.17, 15) is 0 Å². The van der Waals surface area contributed by atoms with Crippen LogP contribution >= 0.6 is 11.3 Å². The van der Waals surface area contributed by atoms with Gasteiger partial charge in [-0.1, -0.05) is 31.2 Å². The second-order valence-electron chi connectivity index (χ2n) is 4.85. The number of aromatic nitrogens is 1. The monoisotopic (exact) mass is 258 g/mol. The summed E-state index contributed by atoms with van der Waals surface area (Å²) in [5.41, 5.74) is 4.98. The van der Waals surface area contributed by atoms with E-state index >= 15 is 0 Å². The molecule has 3 heteroatoms. The Morgan fingerprint density at radius 2 is 2.33 bits per heavy atom. The van der Waals surface area contributed by atoms with Crippen LogP contribution in [0.5, 0.6) is 0 Å². The molecule has 1 aliphatic rings. The van der Waals surface area contributed by atoms with E-state index in [0.29, 0.717) is 12.0 Å². The second-order valence-corrected chi connectivity index (χ2v) is 5.82. The molecule has 1 N–H and O–H groups in total. The van der Waals surface area contributed by atoms with Crippen LogP contribution in [0.1, 0.15) is 28.8 Å². The van der Waals surface area contributed by atoms with Crippen molar-refractivity contribution >= 4 is 11.3 Å². The van der Waals surface area contributed by atoms with Gasteiger partial charge in [0, 0.05) is 23.0 Å². The van der Waals surface area contributed by atoms with Crippen molar-refractivity contribution in [3.8, 4) is 0 Å². The van der Waals surface area contributed by atoms with E-state index in [0.717, 1.165) is 13.0 Å². The van der Waals surface area contributed by atoms with E-state index in [4.69, 9.17) is 0 Å². The Morgan fingerprint density at radius 1 is 1.44 bits per heavy atom. The highest BCUT2D eigenvalue weighted by atomic mass is 32.1. The van der Waals surface area contributed by atoms with Crippen molar-refractivity contribution < 1.29 is 0 Å². The lowest BCUT2D eigenvalue weighted by atomic mass is 9.72. The van der Waals surface area contributed by atoms with Gasteiger partial charge in [-0.25, -0.2) is 0 Å². The molecular weight excluding hydrogens is 240 g/mol. The molecule has 1 heterocycles. The van der Waals surface area contributed by atoms with Crippen molar-refractivity contribution in [1.82, 2.24) is 10.3 Å². The summed E-state index contributed by atoms with van der Waals surface area (Å²) in [5.74, 6) is 0.670. The molecular formula is C15H18N2S. The highest BCUT2D eigenvalue weighted by molar-refractivity contribution is 7.09. The number of nitrogens with zero attached hydrogens (tertiary/aromatic N) is 1. The summed E-state index contributed by atoms with van der Waals surface area (Å²) in [5, 5.41) is 3.64. The highest BCUT2D eigenvalue weighted by Gasteiger charge is 2.32. The first-order valence-electron chi connectivity index (χ1n) is 6.57. The Morgan fingerprint density at radius 3 is 3.06 bits per heavy atom. The van der Waals surface area contributed by atoms with Crippen LogP contribution in [0.3, 0.4) is 0 Å². The van der Waals surface area contributed by atoms with Gasteiger partial charge in [-0.15, -0.1) is 11.3 Å². The van der Waals surface area contributed by atoms with Crippen molar-refractivity contribution in [2.24, 2.45) is 0 Å². The summed E-state index contributed by atoms with van der Waals surface area (Å²) in [7, 11) is 0. The third-order valence-corrected chi connectivity index (χ3v) is 4.55. The predicted octanol–water partition coefficient (Wildman–Crippen LogP) is 3.00. The summed E-state index contributed by atoms with van der Waals surface area (Å²) >= 11 is 1.76. The molecule has 1 aromatic carbocycles. The molecule has 0 saturated heterocycles. The lowest BCUT2D eigenvalue weighted by Gasteiger charge is -2.37. The molecule has 0 spiro atoms. The van der Waals surface area contributed by atoms with Crippen LogP contribution in [0.2, 0.25) is 0 Å². The summed E-state index contributed by atoms with van der Waals surface area (Å²) < 4.78 is 0. The molecule has 0 saturated carbocycles. The van der Waals surface area contributed by atoms with E-state index < -0.39 is 0 Å². The standard InChI is InChI=1S/C15H18N2S/c1-2-17-15(8-12-9-16-10-18-12)14-7-11-5-3-4-6-13(11)14/h3-6,9-10,14-15,17H,2,7-8H2,1H3. The average Bonchev–Trinajstić information content (AvgIpc) is 2.84. The maximum atomic E-state index is 4.17. The molecule has 3 rings (SSSR count). The van der Waals surface area contributed by atoms with Gasteiger partial charge in [-0.2, -0.15) is 0 Å². The quantitative estimate of drug-likeness (QED) is 0.892. The first-order valence-corrected chi connectivity index (χ1v) is 7.45. The normalized spacial score (nSPS) is 19.1. The third kappa shape index (κ3) is 2.20. The zero-order chi connectivity index (χ0) is 12.4. The van der Waals surface area contributed by atoms with Crippen molar-refractivity contribution in [1.29, 1.82) is 0 Å². The van der Waals surface area contributed by atoms with Crippen LogP contribution in [-0.4, -0.2) is 17.6 Å². The molecule has 0 radical (unpaired) electrons. The fraction of sp³-hybridized carbons (Fsp3) is 0.400. The smallest absolute Gasteiger partial charge is 0.0794 e. The molecule has 2 unspecified atom stereocenters. The van der Waals surface area contributed by atoms with E-state index in [-0.39, 0.29) is 0 Å². The van der Waals surface area contributed by atoms with Gasteiger partial charge in [0.2, 0.25) is 0 Å². The fourth-order valence-electron chi connectivity index (χ4n) is 2.84. The van der Waals surface area contributed by atoms with E-state index in [2.05, 4.69) is 41.5 Å². The molecule has 2 atom stereocenters. The number of rotatable bonds is 5. The van der Waals surface area contributed by atoms with Crippen LogP contribution < -0.4 is 5.32 Å². The van der Waals surface area contributed by atoms with Crippen LogP contribution in [0.25, 0.3) is 0 Å². The molecule has 0 amide bonds. The van der Waals surface area contributed by atoms with Gasteiger partial charge in [0.1, 0.15) is 0 Å². The molecule has 1 aromatic heterocycles. The largest absolute Gasteiger partial charge is 0.313 e. The van der Waals surface area contributed by atoms with Gasteiger partial charge in [-0.3, -0.25) is 4.98 Å². The SMILES string of the molecule is CCNC(Cc1cncs1)C1Cc2ccccc21. The molecule has 2 aromatic rings. The van der Waals surface area contributed by atoms with Crippen LogP contribution in [0.15, 0.2) is 36.0 Å². The number of fused-ring (bicyclic) bond motifs is 1. The number of nitrogens with one attached hydrogen (secondary N) is 1. The lowest BCUT2D eigenvalue weighted by molar-refractivity contribution is 0.406. The van der Waals surface area contributed by atoms with Gasteiger partial charge in [0.25, 0.3) is 0 Å². The number of thiazole rings is 1. The molecule has 18 heavy (non-hydrogen) atoms. The lowest BCUT2D eigenvalue weighted by Crippen LogP contribution is -2.41. The number of hydrogen-bond donors (Lipinski definition) is 1. The first-order chi connectivity index (χ1) is 8.88. The van der Waals surface area contributed by atoms with E-state index in [1.54, 1.807) is 11.3 Å². The van der Waals surface area contributed by atoms with Crippen LogP contribution in [0.4, 0.5) is 0 Å². The zero-order valence-corrected chi connectivity index (χ0v) is 11.4. The number of hydrogen-bond acceptors (Lipinski definition) is 3. The summed E-state index contributed by atoms with van der Waals surface area (Å²) in [6, 6.07) is 9.37. The molecule has 1 aliphatic carbocycles. The van der Waals surface area contributed by atoms with Gasteiger partial charge < -0.3 is 5.32 Å². The van der Waals surface area contributed by atoms with Crippen LogP contribution in [-0.2, 0) is 12.8 Å². The van der Waals surface area contributed by atoms with E-state index in [1.165, 1.54) is 22.4 Å². The minimum absolute atomic E-state index is 0.547. The maximum absolute atomic E-state index is 4.17. The minimum Gasteiger partial charge on any atom is -0.313 e. The predicted molar refractivity (Wildman–Crippen MR) is 76.2 cm³/mol. The molecule has 0 bridgehead atoms. The Balaban J connectivity index is 1.76. The molecule has 94 valence electrons. The average molecular weight is 258 g/mol. The third-order valence-electron chi connectivity index (χ3n) is 3.75. The van der Waals surface area contributed by atoms with Crippen molar-refractivity contribution in [2.75, 3.05) is 6.54 Å². The van der Waals surface area contributed by atoms with Crippen LogP contribution in [0, 0.1) is 0 Å². The van der Waals surface area contributed by atoms with Gasteiger partial charge in [-0.05, 0) is 30.5 Å². The summed E-state index contributed by atoms with van der Waals surface area (Å²) in [6.45, 7) is 3.21. The summed E-state index contributed by atoms with van der Waals surface area (Å²) in [6.07, 6.45) is 4.31. The Bertz CT molecular complexity index is 507. The Kier molecular flexibility index (Phi) is 3.43. The Hall–Kier alpha value is -1.19. The van der Waals surface area contributed by atoms with E-state index in [1.807, 2.05) is 11.7 Å². The fourth-order valence-corrected chi connectivity index (χ4v) is 3.49. The second kappa shape index (κ2) is 5.21. The Labute approximate surface area is 112 Å². The van der Waals surface area contributed by atoms with Crippen molar-refractivity contribution in [3.05, 3.63) is 52.0 Å². The molecule has 2 nitrogen and oxygen atoms in total. The van der Waals surface area contributed by atoms with Gasteiger partial charge >= 0.3 is 0 Å². The minimum atomic E-state index is 0.547. The van der Waals surface area contributed by atoms with Crippen molar-refractivity contribution in [2.45, 2.75) is 31.7 Å². The first kappa shape index (κ1) is 11.9. The number of benzene rings is 1. The van der Waals surface area contributed by atoms with Crippen molar-refractivity contribution in [3.63, 3.8) is 0 Å². The molecule has 0 aliphatic heterocycles. The summed E-state index contributed by atoms with van der Waals surface area (Å²) in [4.78, 5) is 5.55. The van der Waals surface area contributed by atoms with Gasteiger partial charge in [0.15, 0.2) is 0 Å². The zero-order valence-electron chi connectivity index (χ0n) is 10.6. The number of likely N-dealkylation sites (N-methyl/N-ethyl adjacent to an activating group) is 1. The topological polar surface area (TPSA) is 24.9 Å². The van der Waals surface area contributed by atoms with Gasteiger partial charge in [0.05, 0.1) is 5.51 Å². The highest BCUT2D eigenvalue weighted by Crippen LogP contribution is 2.38. The molecule has 0 fully saturated rings. The maximum Gasteiger partial charge on any atom is 0.0794 e.